The molecule has 4 rings (SSSR count). The summed E-state index contributed by atoms with van der Waals surface area (Å²) in [5.41, 5.74) is 5.06. The van der Waals surface area contributed by atoms with Crippen LogP contribution < -0.4 is 0 Å². The Kier molecular flexibility index (Phi) is 3.55. The number of fused-ring (bicyclic) bond motifs is 1. The van der Waals surface area contributed by atoms with Gasteiger partial charge in [-0.15, -0.1) is 0 Å². The lowest BCUT2D eigenvalue weighted by Crippen LogP contribution is -2.28. The van der Waals surface area contributed by atoms with Gasteiger partial charge in [-0.1, -0.05) is 36.4 Å². The fraction of sp³-hybridized carbons (Fsp3) is 0.182. The highest BCUT2D eigenvalue weighted by molar-refractivity contribution is 5.55. The highest BCUT2D eigenvalue weighted by Crippen LogP contribution is 2.48. The molecule has 1 heterocycles. The van der Waals surface area contributed by atoms with Crippen LogP contribution in [-0.2, 0) is 16.9 Å². The van der Waals surface area contributed by atoms with E-state index in [0.29, 0.717) is 6.61 Å². The predicted molar refractivity (Wildman–Crippen MR) is 96.8 cm³/mol. The largest absolute Gasteiger partial charge is 0.508 e. The summed E-state index contributed by atoms with van der Waals surface area (Å²) in [5.74, 6) is 0.541. The second kappa shape index (κ2) is 5.64. The van der Waals surface area contributed by atoms with Gasteiger partial charge in [0.2, 0.25) is 0 Å². The molecule has 0 saturated heterocycles. The molecule has 0 aliphatic carbocycles. The van der Waals surface area contributed by atoms with Crippen molar-refractivity contribution in [3.8, 4) is 11.5 Å². The van der Waals surface area contributed by atoms with Crippen LogP contribution in [0.4, 0.5) is 0 Å². The van der Waals surface area contributed by atoms with E-state index in [0.717, 1.165) is 33.4 Å². The van der Waals surface area contributed by atoms with Gasteiger partial charge in [0, 0.05) is 0 Å². The van der Waals surface area contributed by atoms with Crippen LogP contribution in [0.1, 0.15) is 33.4 Å². The molecular formula is C22H20O3. The summed E-state index contributed by atoms with van der Waals surface area (Å²) in [6, 6.07) is 19.4. The first-order valence-electron chi connectivity index (χ1n) is 8.35. The topological polar surface area (TPSA) is 49.7 Å². The van der Waals surface area contributed by atoms with Gasteiger partial charge in [0.1, 0.15) is 17.1 Å². The molecular weight excluding hydrogens is 312 g/mol. The number of rotatable bonds is 2. The van der Waals surface area contributed by atoms with Gasteiger partial charge in [0.15, 0.2) is 0 Å². The minimum absolute atomic E-state index is 0.270. The Balaban J connectivity index is 2.02. The second-order valence-electron chi connectivity index (χ2n) is 6.63. The van der Waals surface area contributed by atoms with Gasteiger partial charge in [-0.05, 0) is 71.5 Å². The zero-order valence-electron chi connectivity index (χ0n) is 14.3. The van der Waals surface area contributed by atoms with E-state index in [1.807, 2.05) is 50.2 Å². The Labute approximate surface area is 147 Å². The fourth-order valence-electron chi connectivity index (χ4n) is 3.65. The van der Waals surface area contributed by atoms with E-state index in [4.69, 9.17) is 4.74 Å². The van der Waals surface area contributed by atoms with E-state index in [-0.39, 0.29) is 11.5 Å². The van der Waals surface area contributed by atoms with Crippen molar-refractivity contribution in [1.29, 1.82) is 0 Å². The number of benzene rings is 3. The summed E-state index contributed by atoms with van der Waals surface area (Å²) < 4.78 is 6.41. The van der Waals surface area contributed by atoms with Crippen LogP contribution in [0.2, 0.25) is 0 Å². The molecule has 0 fully saturated rings. The Bertz CT molecular complexity index is 908. The first kappa shape index (κ1) is 15.7. The molecule has 126 valence electrons. The average Bonchev–Trinajstić information content (AvgIpc) is 3.00. The first-order valence-corrected chi connectivity index (χ1v) is 8.35. The maximum Gasteiger partial charge on any atom is 0.144 e. The Morgan fingerprint density at radius 3 is 1.92 bits per heavy atom. The maximum atomic E-state index is 9.94. The molecule has 0 bridgehead atoms. The van der Waals surface area contributed by atoms with Gasteiger partial charge in [-0.2, -0.15) is 0 Å². The molecule has 0 atom stereocenters. The molecule has 3 nitrogen and oxygen atoms in total. The number of aromatic hydroxyl groups is 2. The molecule has 2 N–H and O–H groups in total. The van der Waals surface area contributed by atoms with E-state index >= 15 is 0 Å². The predicted octanol–water partition coefficient (Wildman–Crippen LogP) is 4.54. The lowest BCUT2D eigenvalue weighted by atomic mass is 9.79. The SMILES string of the molecule is Cc1cc(C2(c3ccc(O)c(C)c3)OCc3ccccc32)ccc1O. The van der Waals surface area contributed by atoms with Gasteiger partial charge >= 0.3 is 0 Å². The van der Waals surface area contributed by atoms with E-state index < -0.39 is 5.60 Å². The molecule has 1 aliphatic heterocycles. The molecule has 0 spiro atoms. The minimum atomic E-state index is -0.743. The minimum Gasteiger partial charge on any atom is -0.508 e. The maximum absolute atomic E-state index is 9.94. The second-order valence-corrected chi connectivity index (χ2v) is 6.63. The van der Waals surface area contributed by atoms with E-state index in [1.54, 1.807) is 12.1 Å². The zero-order valence-corrected chi connectivity index (χ0v) is 14.3. The van der Waals surface area contributed by atoms with Gasteiger partial charge in [0.25, 0.3) is 0 Å². The highest BCUT2D eigenvalue weighted by Gasteiger charge is 2.43. The average molecular weight is 332 g/mol. The third kappa shape index (κ3) is 2.31. The summed E-state index contributed by atoms with van der Waals surface area (Å²) in [4.78, 5) is 0. The van der Waals surface area contributed by atoms with Crippen molar-refractivity contribution in [2.24, 2.45) is 0 Å². The lowest BCUT2D eigenvalue weighted by molar-refractivity contribution is 0.0266. The number of ether oxygens (including phenoxy) is 1. The molecule has 0 amide bonds. The van der Waals surface area contributed by atoms with Crippen molar-refractivity contribution in [2.75, 3.05) is 0 Å². The molecule has 0 unspecified atom stereocenters. The number of aryl methyl sites for hydroxylation is 2. The molecule has 3 aromatic rings. The van der Waals surface area contributed by atoms with Crippen molar-refractivity contribution in [2.45, 2.75) is 26.1 Å². The number of phenols is 2. The normalized spacial score (nSPS) is 15.1. The van der Waals surface area contributed by atoms with E-state index in [9.17, 15) is 10.2 Å². The van der Waals surface area contributed by atoms with Crippen LogP contribution in [0.25, 0.3) is 0 Å². The first-order chi connectivity index (χ1) is 12.0. The summed E-state index contributed by atoms with van der Waals surface area (Å²) in [5, 5.41) is 19.9. The molecule has 0 aromatic heterocycles. The number of hydrogen-bond donors (Lipinski definition) is 2. The standard InChI is InChI=1S/C22H20O3/c1-14-11-17(7-9-20(14)23)22(18-8-10-21(24)15(2)12-18)19-6-4-3-5-16(19)13-25-22/h3-12,23-24H,13H2,1-2H3. The smallest absolute Gasteiger partial charge is 0.144 e. The van der Waals surface area contributed by atoms with Crippen LogP contribution in [0.3, 0.4) is 0 Å². The summed E-state index contributed by atoms with van der Waals surface area (Å²) in [6.45, 7) is 4.29. The third-order valence-electron chi connectivity index (χ3n) is 5.05. The lowest BCUT2D eigenvalue weighted by Gasteiger charge is -2.32. The Morgan fingerprint density at radius 2 is 1.36 bits per heavy atom. The zero-order chi connectivity index (χ0) is 17.6. The van der Waals surface area contributed by atoms with Gasteiger partial charge in [-0.3, -0.25) is 0 Å². The number of phenolic OH excluding ortho intramolecular Hbond substituents is 2. The van der Waals surface area contributed by atoms with Crippen molar-refractivity contribution in [3.63, 3.8) is 0 Å². The monoisotopic (exact) mass is 332 g/mol. The van der Waals surface area contributed by atoms with Crippen LogP contribution in [0.5, 0.6) is 11.5 Å². The van der Waals surface area contributed by atoms with Crippen LogP contribution in [0, 0.1) is 13.8 Å². The van der Waals surface area contributed by atoms with Crippen molar-refractivity contribution in [1.82, 2.24) is 0 Å². The summed E-state index contributed by atoms with van der Waals surface area (Å²) >= 11 is 0. The van der Waals surface area contributed by atoms with E-state index in [2.05, 4.69) is 12.1 Å². The van der Waals surface area contributed by atoms with Crippen molar-refractivity contribution < 1.29 is 14.9 Å². The molecule has 3 aromatic carbocycles. The van der Waals surface area contributed by atoms with Crippen LogP contribution >= 0.6 is 0 Å². The van der Waals surface area contributed by atoms with Gasteiger partial charge in [-0.25, -0.2) is 0 Å². The highest BCUT2D eigenvalue weighted by atomic mass is 16.5. The van der Waals surface area contributed by atoms with Crippen LogP contribution in [0.15, 0.2) is 60.7 Å². The summed E-state index contributed by atoms with van der Waals surface area (Å²) in [7, 11) is 0. The van der Waals surface area contributed by atoms with Gasteiger partial charge < -0.3 is 14.9 Å². The Morgan fingerprint density at radius 1 is 0.800 bits per heavy atom. The quantitative estimate of drug-likeness (QED) is 0.724. The van der Waals surface area contributed by atoms with Crippen molar-refractivity contribution >= 4 is 0 Å². The number of hydrogen-bond acceptors (Lipinski definition) is 3. The fourth-order valence-corrected chi connectivity index (χ4v) is 3.65. The van der Waals surface area contributed by atoms with Crippen LogP contribution in [-0.4, -0.2) is 10.2 Å². The van der Waals surface area contributed by atoms with Crippen molar-refractivity contribution in [3.05, 3.63) is 94.0 Å². The summed E-state index contributed by atoms with van der Waals surface area (Å²) in [6.07, 6.45) is 0. The molecule has 1 aliphatic rings. The third-order valence-corrected chi connectivity index (χ3v) is 5.05. The molecule has 3 heteroatoms. The van der Waals surface area contributed by atoms with Gasteiger partial charge in [0.05, 0.1) is 6.61 Å². The molecule has 25 heavy (non-hydrogen) atoms. The molecule has 0 radical (unpaired) electrons. The molecule has 0 saturated carbocycles. The Hall–Kier alpha value is -2.78. The van der Waals surface area contributed by atoms with E-state index in [1.165, 1.54) is 0 Å².